The van der Waals surface area contributed by atoms with Crippen molar-refractivity contribution in [2.75, 3.05) is 6.61 Å². The summed E-state index contributed by atoms with van der Waals surface area (Å²) in [6.07, 6.45) is 5.53. The monoisotopic (exact) mass is 411 g/mol. The molecule has 1 fully saturated rings. The van der Waals surface area contributed by atoms with E-state index in [1.807, 2.05) is 35.9 Å². The van der Waals surface area contributed by atoms with Gasteiger partial charge in [-0.15, -0.1) is 11.3 Å². The van der Waals surface area contributed by atoms with E-state index in [0.717, 1.165) is 47.2 Å². The van der Waals surface area contributed by atoms with Crippen LogP contribution in [0.1, 0.15) is 53.0 Å². The van der Waals surface area contributed by atoms with E-state index in [9.17, 15) is 9.59 Å². The lowest BCUT2D eigenvalue weighted by molar-refractivity contribution is -0.125. The molecule has 1 N–H and O–H groups in total. The highest BCUT2D eigenvalue weighted by atomic mass is 32.1. The number of ether oxygens (including phenoxy) is 1. The van der Waals surface area contributed by atoms with Gasteiger partial charge in [-0.25, -0.2) is 4.79 Å². The third kappa shape index (κ3) is 4.67. The summed E-state index contributed by atoms with van der Waals surface area (Å²) in [5, 5.41) is 8.51. The second kappa shape index (κ2) is 8.78. The lowest BCUT2D eigenvalue weighted by Crippen LogP contribution is -2.38. The highest BCUT2D eigenvalue weighted by Crippen LogP contribution is 2.29. The highest BCUT2D eigenvalue weighted by molar-refractivity contribution is 7.20. The number of aryl methyl sites for hydroxylation is 1. The molecule has 0 atom stereocenters. The van der Waals surface area contributed by atoms with E-state index in [0.29, 0.717) is 11.4 Å². The van der Waals surface area contributed by atoms with Crippen LogP contribution in [0.5, 0.6) is 0 Å². The van der Waals surface area contributed by atoms with Gasteiger partial charge >= 0.3 is 5.97 Å². The summed E-state index contributed by atoms with van der Waals surface area (Å²) in [4.78, 5) is 26.0. The fourth-order valence-corrected chi connectivity index (χ4v) is 4.85. The number of hydrogen-bond donors (Lipinski definition) is 1. The van der Waals surface area contributed by atoms with Gasteiger partial charge in [-0.1, -0.05) is 49.6 Å². The summed E-state index contributed by atoms with van der Waals surface area (Å²) >= 11 is 1.35. The van der Waals surface area contributed by atoms with Crippen molar-refractivity contribution >= 4 is 33.4 Å². The molecule has 1 aliphatic rings. The third-order valence-corrected chi connectivity index (χ3v) is 6.42. The zero-order valence-corrected chi connectivity index (χ0v) is 17.3. The Morgan fingerprint density at radius 3 is 2.72 bits per heavy atom. The number of benzene rings is 1. The van der Waals surface area contributed by atoms with Gasteiger partial charge in [0.05, 0.1) is 12.2 Å². The first-order valence-electron chi connectivity index (χ1n) is 10.1. The molecule has 1 aromatic carbocycles. The molecule has 3 aromatic rings. The first-order valence-corrected chi connectivity index (χ1v) is 10.9. The Hall–Kier alpha value is -2.67. The fourth-order valence-electron chi connectivity index (χ4n) is 3.80. The van der Waals surface area contributed by atoms with Crippen LogP contribution in [0, 0.1) is 6.92 Å². The molecule has 0 aliphatic heterocycles. The van der Waals surface area contributed by atoms with Crippen molar-refractivity contribution < 1.29 is 14.3 Å². The number of amides is 1. The van der Waals surface area contributed by atoms with Gasteiger partial charge in [0.1, 0.15) is 9.71 Å². The van der Waals surface area contributed by atoms with Gasteiger partial charge in [0.15, 0.2) is 6.61 Å². The summed E-state index contributed by atoms with van der Waals surface area (Å²) in [6, 6.07) is 12.1. The maximum atomic E-state index is 12.5. The van der Waals surface area contributed by atoms with Crippen LogP contribution in [0.15, 0.2) is 36.4 Å². The van der Waals surface area contributed by atoms with Gasteiger partial charge in [-0.05, 0) is 31.4 Å². The number of fused-ring (bicyclic) bond motifs is 1. The minimum Gasteiger partial charge on any atom is -0.451 e. The van der Waals surface area contributed by atoms with E-state index >= 15 is 0 Å². The molecule has 1 aliphatic carbocycles. The van der Waals surface area contributed by atoms with E-state index in [2.05, 4.69) is 22.5 Å². The molecule has 2 heterocycles. The van der Waals surface area contributed by atoms with Crippen molar-refractivity contribution in [3.8, 4) is 0 Å². The molecule has 6 nitrogen and oxygen atoms in total. The number of esters is 1. The van der Waals surface area contributed by atoms with Crippen molar-refractivity contribution in [3.05, 3.63) is 52.5 Å². The number of nitrogens with zero attached hydrogens (tertiary/aromatic N) is 2. The largest absolute Gasteiger partial charge is 0.451 e. The van der Waals surface area contributed by atoms with Gasteiger partial charge in [0, 0.05) is 11.4 Å². The van der Waals surface area contributed by atoms with E-state index in [1.54, 1.807) is 0 Å². The minimum absolute atomic E-state index is 0.214. The molecule has 0 saturated heterocycles. The van der Waals surface area contributed by atoms with Gasteiger partial charge in [0.2, 0.25) is 0 Å². The van der Waals surface area contributed by atoms with Crippen molar-refractivity contribution in [2.45, 2.75) is 51.6 Å². The van der Waals surface area contributed by atoms with Crippen molar-refractivity contribution in [1.29, 1.82) is 0 Å². The molecule has 0 spiro atoms. The van der Waals surface area contributed by atoms with Crippen LogP contribution in [0.4, 0.5) is 0 Å². The van der Waals surface area contributed by atoms with Crippen LogP contribution < -0.4 is 5.32 Å². The molecule has 1 saturated carbocycles. The van der Waals surface area contributed by atoms with Crippen LogP contribution in [0.3, 0.4) is 0 Å². The van der Waals surface area contributed by atoms with E-state index in [-0.39, 0.29) is 18.6 Å². The molecule has 0 bridgehead atoms. The zero-order valence-electron chi connectivity index (χ0n) is 16.5. The summed E-state index contributed by atoms with van der Waals surface area (Å²) in [5.41, 5.74) is 2.02. The lowest BCUT2D eigenvalue weighted by Gasteiger charge is -2.22. The molecule has 0 radical (unpaired) electrons. The second-order valence-electron chi connectivity index (χ2n) is 7.54. The summed E-state index contributed by atoms with van der Waals surface area (Å²) in [5.74, 6) is -0.687. The third-order valence-electron chi connectivity index (χ3n) is 5.29. The number of hydrogen-bond acceptors (Lipinski definition) is 5. The first kappa shape index (κ1) is 19.6. The van der Waals surface area contributed by atoms with Gasteiger partial charge in [-0.3, -0.25) is 9.48 Å². The molecular formula is C22H25N3O3S. The van der Waals surface area contributed by atoms with E-state index in [4.69, 9.17) is 4.74 Å². The molecule has 2 aromatic heterocycles. The molecule has 7 heteroatoms. The molecule has 29 heavy (non-hydrogen) atoms. The number of carbonyl (C=O) groups is 2. The van der Waals surface area contributed by atoms with Gasteiger partial charge in [0.25, 0.3) is 5.91 Å². The number of aromatic nitrogens is 2. The SMILES string of the molecule is Cc1nn(Cc2ccccc2)c2sc(C(=O)OCC(=O)NC3CCCCC3)cc12. The Morgan fingerprint density at radius 1 is 1.21 bits per heavy atom. The van der Waals surface area contributed by atoms with Crippen LogP contribution in [-0.2, 0) is 16.1 Å². The Bertz CT molecular complexity index is 1000. The molecular weight excluding hydrogens is 386 g/mol. The number of rotatable bonds is 6. The maximum absolute atomic E-state index is 12.5. The van der Waals surface area contributed by atoms with Gasteiger partial charge < -0.3 is 10.1 Å². The molecule has 152 valence electrons. The minimum atomic E-state index is -0.462. The zero-order chi connectivity index (χ0) is 20.2. The molecule has 4 rings (SSSR count). The molecule has 0 unspecified atom stereocenters. The number of thiophene rings is 1. The summed E-state index contributed by atoms with van der Waals surface area (Å²) in [6.45, 7) is 2.34. The van der Waals surface area contributed by atoms with Crippen molar-refractivity contribution in [2.24, 2.45) is 0 Å². The Morgan fingerprint density at radius 2 is 1.97 bits per heavy atom. The van der Waals surface area contributed by atoms with Crippen LogP contribution in [-0.4, -0.2) is 34.3 Å². The number of nitrogens with one attached hydrogen (secondary N) is 1. The first-order chi connectivity index (χ1) is 14.1. The van der Waals surface area contributed by atoms with Crippen LogP contribution in [0.2, 0.25) is 0 Å². The molecule has 1 amide bonds. The quantitative estimate of drug-likeness (QED) is 0.621. The normalized spacial score (nSPS) is 14.8. The smallest absolute Gasteiger partial charge is 0.348 e. The van der Waals surface area contributed by atoms with Crippen molar-refractivity contribution in [3.63, 3.8) is 0 Å². The predicted molar refractivity (Wildman–Crippen MR) is 113 cm³/mol. The standard InChI is InChI=1S/C22H25N3O3S/c1-15-18-12-19(22(27)28-14-20(26)23-17-10-6-3-7-11-17)29-21(18)25(24-15)13-16-8-4-2-5-9-16/h2,4-5,8-9,12,17H,3,6-7,10-11,13-14H2,1H3,(H,23,26). The number of carbonyl (C=O) groups excluding carboxylic acids is 2. The average molecular weight is 412 g/mol. The Kier molecular flexibility index (Phi) is 5.94. The topological polar surface area (TPSA) is 73.2 Å². The maximum Gasteiger partial charge on any atom is 0.348 e. The van der Waals surface area contributed by atoms with E-state index in [1.165, 1.54) is 17.8 Å². The second-order valence-corrected chi connectivity index (χ2v) is 8.57. The fraction of sp³-hybridized carbons (Fsp3) is 0.409. The predicted octanol–water partition coefficient (Wildman–Crippen LogP) is 4.06. The highest BCUT2D eigenvalue weighted by Gasteiger charge is 2.20. The summed E-state index contributed by atoms with van der Waals surface area (Å²) in [7, 11) is 0. The average Bonchev–Trinajstić information content (AvgIpc) is 3.29. The summed E-state index contributed by atoms with van der Waals surface area (Å²) < 4.78 is 7.17. The lowest BCUT2D eigenvalue weighted by atomic mass is 9.95. The van der Waals surface area contributed by atoms with Crippen LogP contribution in [0.25, 0.3) is 10.2 Å². The Labute approximate surface area is 173 Å². The van der Waals surface area contributed by atoms with E-state index < -0.39 is 5.97 Å². The van der Waals surface area contributed by atoms with Crippen LogP contribution >= 0.6 is 11.3 Å². The Balaban J connectivity index is 1.40. The van der Waals surface area contributed by atoms with Crippen molar-refractivity contribution in [1.82, 2.24) is 15.1 Å². The van der Waals surface area contributed by atoms with Gasteiger partial charge in [-0.2, -0.15) is 5.10 Å².